The predicted octanol–water partition coefficient (Wildman–Crippen LogP) is 2.04. The van der Waals surface area contributed by atoms with E-state index >= 15 is 0 Å². The van der Waals surface area contributed by atoms with Crippen molar-refractivity contribution in [1.29, 1.82) is 0 Å². The number of piperidine rings is 1. The van der Waals surface area contributed by atoms with Crippen LogP contribution in [0.15, 0.2) is 5.16 Å². The molecule has 4 nitrogen and oxygen atoms in total. The van der Waals surface area contributed by atoms with Crippen LogP contribution >= 0.6 is 0 Å². The average molecular weight is 240 g/mol. The number of ether oxygens (including phenoxy) is 1. The maximum atomic E-state index is 6.15. The minimum absolute atomic E-state index is 0.0328. The Balaban J connectivity index is 1.99. The molecular weight excluding hydrogens is 216 g/mol. The minimum Gasteiger partial charge on any atom is -0.393 e. The second-order valence-corrected chi connectivity index (χ2v) is 5.66. The summed E-state index contributed by atoms with van der Waals surface area (Å²) in [6.07, 6.45) is 3.40. The first-order valence-electron chi connectivity index (χ1n) is 6.60. The van der Waals surface area contributed by atoms with Crippen molar-refractivity contribution in [2.45, 2.75) is 57.8 Å². The van der Waals surface area contributed by atoms with Gasteiger partial charge in [0.1, 0.15) is 6.10 Å². The second kappa shape index (κ2) is 4.94. The monoisotopic (exact) mass is 240 g/mol. The third kappa shape index (κ3) is 2.99. The molecule has 0 aromatic heterocycles. The SMILES string of the molecule is CC(C)O/N=C1/CC2(CCN(C)CC2)OC1C. The van der Waals surface area contributed by atoms with Crippen LogP contribution in [0.4, 0.5) is 0 Å². The van der Waals surface area contributed by atoms with Crippen LogP contribution in [0.3, 0.4) is 0 Å². The van der Waals surface area contributed by atoms with E-state index in [9.17, 15) is 0 Å². The van der Waals surface area contributed by atoms with Gasteiger partial charge in [-0.15, -0.1) is 0 Å². The van der Waals surface area contributed by atoms with Gasteiger partial charge in [0.2, 0.25) is 0 Å². The van der Waals surface area contributed by atoms with Crippen molar-refractivity contribution in [2.24, 2.45) is 5.16 Å². The number of nitrogens with zero attached hydrogens (tertiary/aromatic N) is 2. The molecule has 0 amide bonds. The third-order valence-corrected chi connectivity index (χ3v) is 3.68. The van der Waals surface area contributed by atoms with E-state index in [0.717, 1.165) is 38.1 Å². The van der Waals surface area contributed by atoms with Crippen LogP contribution in [0.25, 0.3) is 0 Å². The Morgan fingerprint density at radius 2 is 2.06 bits per heavy atom. The summed E-state index contributed by atoms with van der Waals surface area (Å²) < 4.78 is 6.15. The molecule has 0 aliphatic carbocycles. The van der Waals surface area contributed by atoms with E-state index in [0.29, 0.717) is 0 Å². The van der Waals surface area contributed by atoms with Crippen molar-refractivity contribution in [1.82, 2.24) is 4.90 Å². The highest BCUT2D eigenvalue weighted by atomic mass is 16.6. The summed E-state index contributed by atoms with van der Waals surface area (Å²) in [4.78, 5) is 7.71. The van der Waals surface area contributed by atoms with Crippen LogP contribution in [0.2, 0.25) is 0 Å². The van der Waals surface area contributed by atoms with Crippen LogP contribution in [0.5, 0.6) is 0 Å². The Morgan fingerprint density at radius 3 is 2.65 bits per heavy atom. The van der Waals surface area contributed by atoms with E-state index in [4.69, 9.17) is 9.57 Å². The van der Waals surface area contributed by atoms with E-state index in [1.54, 1.807) is 0 Å². The molecule has 2 aliphatic rings. The molecule has 2 rings (SSSR count). The molecule has 1 atom stereocenters. The molecule has 2 heterocycles. The Kier molecular flexibility index (Phi) is 3.73. The fourth-order valence-corrected chi connectivity index (χ4v) is 2.56. The van der Waals surface area contributed by atoms with Gasteiger partial charge in [0.25, 0.3) is 0 Å². The lowest BCUT2D eigenvalue weighted by Crippen LogP contribution is -2.42. The number of likely N-dealkylation sites (tertiary alicyclic amines) is 1. The number of hydrogen-bond donors (Lipinski definition) is 0. The molecule has 2 saturated heterocycles. The number of rotatable bonds is 2. The van der Waals surface area contributed by atoms with Gasteiger partial charge < -0.3 is 14.5 Å². The van der Waals surface area contributed by atoms with E-state index in [1.165, 1.54) is 0 Å². The zero-order chi connectivity index (χ0) is 12.5. The summed E-state index contributed by atoms with van der Waals surface area (Å²) in [5.74, 6) is 0. The average Bonchev–Trinajstić information content (AvgIpc) is 2.58. The molecule has 98 valence electrons. The molecule has 0 aromatic rings. The van der Waals surface area contributed by atoms with Crippen LogP contribution in [-0.2, 0) is 9.57 Å². The van der Waals surface area contributed by atoms with Crippen molar-refractivity contribution in [2.75, 3.05) is 20.1 Å². The van der Waals surface area contributed by atoms with Gasteiger partial charge in [0.15, 0.2) is 0 Å². The Labute approximate surface area is 104 Å². The highest BCUT2D eigenvalue weighted by Gasteiger charge is 2.44. The molecule has 0 bridgehead atoms. The molecule has 1 spiro atoms. The van der Waals surface area contributed by atoms with E-state index < -0.39 is 0 Å². The molecule has 0 radical (unpaired) electrons. The smallest absolute Gasteiger partial charge is 0.122 e. The van der Waals surface area contributed by atoms with Crippen LogP contribution in [0, 0.1) is 0 Å². The highest BCUT2D eigenvalue weighted by molar-refractivity contribution is 5.90. The number of hydrogen-bond acceptors (Lipinski definition) is 4. The normalized spacial score (nSPS) is 31.6. The van der Waals surface area contributed by atoms with Gasteiger partial charge in [-0.1, -0.05) is 5.16 Å². The van der Waals surface area contributed by atoms with Crippen LogP contribution in [-0.4, -0.2) is 48.6 Å². The van der Waals surface area contributed by atoms with Crippen molar-refractivity contribution in [3.05, 3.63) is 0 Å². The van der Waals surface area contributed by atoms with Gasteiger partial charge >= 0.3 is 0 Å². The summed E-state index contributed by atoms with van der Waals surface area (Å²) in [5.41, 5.74) is 1.11. The number of oxime groups is 1. The molecule has 2 fully saturated rings. The zero-order valence-corrected chi connectivity index (χ0v) is 11.4. The zero-order valence-electron chi connectivity index (χ0n) is 11.4. The first kappa shape index (κ1) is 12.8. The van der Waals surface area contributed by atoms with Gasteiger partial charge in [-0.05, 0) is 40.7 Å². The molecule has 0 N–H and O–H groups in total. The maximum Gasteiger partial charge on any atom is 0.122 e. The molecule has 1 unspecified atom stereocenters. The van der Waals surface area contributed by atoms with Gasteiger partial charge in [-0.3, -0.25) is 0 Å². The largest absolute Gasteiger partial charge is 0.393 e. The first-order chi connectivity index (χ1) is 8.01. The molecule has 17 heavy (non-hydrogen) atoms. The highest BCUT2D eigenvalue weighted by Crippen LogP contribution is 2.37. The van der Waals surface area contributed by atoms with Crippen LogP contribution in [0.1, 0.15) is 40.0 Å². The maximum absolute atomic E-state index is 6.15. The van der Waals surface area contributed by atoms with Crippen LogP contribution < -0.4 is 0 Å². The second-order valence-electron chi connectivity index (χ2n) is 5.66. The summed E-state index contributed by atoms with van der Waals surface area (Å²) in [5, 5.41) is 4.25. The molecular formula is C13H24N2O2. The van der Waals surface area contributed by atoms with E-state index in [1.807, 2.05) is 13.8 Å². The van der Waals surface area contributed by atoms with Crippen molar-refractivity contribution >= 4 is 5.71 Å². The van der Waals surface area contributed by atoms with E-state index in [2.05, 4.69) is 24.0 Å². The lowest BCUT2D eigenvalue weighted by atomic mass is 9.88. The predicted molar refractivity (Wildman–Crippen MR) is 68.3 cm³/mol. The lowest BCUT2D eigenvalue weighted by Gasteiger charge is -2.36. The Hall–Kier alpha value is -0.610. The van der Waals surface area contributed by atoms with Gasteiger partial charge in [-0.2, -0.15) is 0 Å². The molecule has 4 heteroatoms. The molecule has 2 aliphatic heterocycles. The summed E-state index contributed by atoms with van der Waals surface area (Å²) >= 11 is 0. The first-order valence-corrected chi connectivity index (χ1v) is 6.60. The fourth-order valence-electron chi connectivity index (χ4n) is 2.56. The standard InChI is InChI=1S/C13H24N2O2/c1-10(2)17-14-12-9-13(16-11(12)3)5-7-15(4)8-6-13/h10-11H,5-9H2,1-4H3/b14-12-. The Morgan fingerprint density at radius 1 is 1.41 bits per heavy atom. The molecule has 0 saturated carbocycles. The van der Waals surface area contributed by atoms with Crippen molar-refractivity contribution < 1.29 is 9.57 Å². The topological polar surface area (TPSA) is 34.1 Å². The lowest BCUT2D eigenvalue weighted by molar-refractivity contribution is -0.0658. The van der Waals surface area contributed by atoms with Crippen molar-refractivity contribution in [3.8, 4) is 0 Å². The third-order valence-electron chi connectivity index (χ3n) is 3.68. The van der Waals surface area contributed by atoms with Gasteiger partial charge in [0.05, 0.1) is 17.4 Å². The minimum atomic E-state index is 0.0328. The molecule has 0 aromatic carbocycles. The summed E-state index contributed by atoms with van der Waals surface area (Å²) in [6, 6.07) is 0. The van der Waals surface area contributed by atoms with Gasteiger partial charge in [0, 0.05) is 19.5 Å². The van der Waals surface area contributed by atoms with Crippen molar-refractivity contribution in [3.63, 3.8) is 0 Å². The van der Waals surface area contributed by atoms with E-state index in [-0.39, 0.29) is 17.8 Å². The van der Waals surface area contributed by atoms with Gasteiger partial charge in [-0.25, -0.2) is 0 Å². The Bertz CT molecular complexity index is 294. The summed E-state index contributed by atoms with van der Waals surface area (Å²) in [7, 11) is 2.17. The fraction of sp³-hybridized carbons (Fsp3) is 0.923. The quantitative estimate of drug-likeness (QED) is 0.693. The summed E-state index contributed by atoms with van der Waals surface area (Å²) in [6.45, 7) is 8.30.